The molecule has 0 aliphatic heterocycles. The third kappa shape index (κ3) is 27.2. The monoisotopic (exact) mass is 862 g/mol. The minimum absolute atomic E-state index is 0.250. The first-order valence-corrected chi connectivity index (χ1v) is 24.5. The van der Waals surface area contributed by atoms with Gasteiger partial charge >= 0.3 is 7.82 Å². The number of rotatable bonds is 37. The molecule has 0 aromatic rings. The molecule has 1 saturated carbocycles. The van der Waals surface area contributed by atoms with Crippen molar-refractivity contribution in [2.45, 2.75) is 236 Å². The number of carbonyl (C=O) groups is 1. The molecule has 0 bridgehead atoms. The van der Waals surface area contributed by atoms with Crippen molar-refractivity contribution in [3.63, 3.8) is 0 Å². The molecule has 1 aliphatic carbocycles. The molecule has 8 atom stereocenters. The fourth-order valence-electron chi connectivity index (χ4n) is 7.14. The second-order valence-corrected chi connectivity index (χ2v) is 17.8. The highest BCUT2D eigenvalue weighted by Gasteiger charge is 2.51. The SMILES string of the molecule is CCCC/C=C/C(O)C(COP(=O)(O)OC1C(O)C(O)C(O)C(O)C1O)NC(=O)CC(O)CCCCCCCCCCC/C=C\C/C=C\CCCCCCCCCCC. The Kier molecular flexibility index (Phi) is 33.0. The Hall–Kier alpha value is -1.48. The highest BCUT2D eigenvalue weighted by atomic mass is 31.2. The van der Waals surface area contributed by atoms with Crippen molar-refractivity contribution in [3.8, 4) is 0 Å². The molecular weight excluding hydrogens is 777 g/mol. The lowest BCUT2D eigenvalue weighted by atomic mass is 9.85. The van der Waals surface area contributed by atoms with E-state index in [9.17, 15) is 50.0 Å². The number of phosphoric ester groups is 1. The topological polar surface area (TPSA) is 226 Å². The molecule has 0 aromatic carbocycles. The van der Waals surface area contributed by atoms with Gasteiger partial charge in [0.2, 0.25) is 5.91 Å². The number of amides is 1. The van der Waals surface area contributed by atoms with E-state index in [1.807, 2.05) is 6.92 Å². The molecule has 0 heterocycles. The first-order valence-electron chi connectivity index (χ1n) is 23.0. The summed E-state index contributed by atoms with van der Waals surface area (Å²) in [5.41, 5.74) is 0. The van der Waals surface area contributed by atoms with Crippen molar-refractivity contribution in [1.29, 1.82) is 0 Å². The lowest BCUT2D eigenvalue weighted by molar-refractivity contribution is -0.220. The summed E-state index contributed by atoms with van der Waals surface area (Å²) < 4.78 is 22.6. The van der Waals surface area contributed by atoms with Gasteiger partial charge in [0.05, 0.1) is 31.3 Å². The number of hydrogen-bond acceptors (Lipinski definition) is 11. The van der Waals surface area contributed by atoms with Crippen LogP contribution in [0.15, 0.2) is 36.5 Å². The van der Waals surface area contributed by atoms with Gasteiger partial charge in [0.25, 0.3) is 0 Å². The number of hydrogen-bond donors (Lipinski definition) is 9. The van der Waals surface area contributed by atoms with E-state index in [1.54, 1.807) is 6.08 Å². The van der Waals surface area contributed by atoms with Crippen LogP contribution in [0.2, 0.25) is 0 Å². The summed E-state index contributed by atoms with van der Waals surface area (Å²) in [4.78, 5) is 23.2. The normalized spacial score (nSPS) is 23.9. The predicted molar refractivity (Wildman–Crippen MR) is 233 cm³/mol. The molecule has 346 valence electrons. The number of phosphoric acid groups is 1. The van der Waals surface area contributed by atoms with E-state index in [2.05, 4.69) is 36.5 Å². The van der Waals surface area contributed by atoms with Crippen LogP contribution in [0.1, 0.15) is 181 Å². The minimum Gasteiger partial charge on any atom is -0.393 e. The summed E-state index contributed by atoms with van der Waals surface area (Å²) in [6, 6.07) is -1.24. The Balaban J connectivity index is 2.25. The lowest BCUT2D eigenvalue weighted by Gasteiger charge is -2.41. The van der Waals surface area contributed by atoms with Gasteiger partial charge in [0.15, 0.2) is 0 Å². The maximum atomic E-state index is 12.8. The molecule has 0 saturated heterocycles. The molecule has 14 heteroatoms. The van der Waals surface area contributed by atoms with Gasteiger partial charge in [-0.1, -0.05) is 166 Å². The molecule has 13 nitrogen and oxygen atoms in total. The Bertz CT molecular complexity index is 1160. The molecule has 0 radical (unpaired) electrons. The van der Waals surface area contributed by atoms with Crippen LogP contribution in [-0.4, -0.2) is 108 Å². The summed E-state index contributed by atoms with van der Waals surface area (Å²) >= 11 is 0. The summed E-state index contributed by atoms with van der Waals surface area (Å²) in [5, 5.41) is 73.7. The number of unbranched alkanes of at least 4 members (excludes halogenated alkanes) is 20. The summed E-state index contributed by atoms with van der Waals surface area (Å²) in [7, 11) is -5.12. The van der Waals surface area contributed by atoms with Crippen molar-refractivity contribution >= 4 is 13.7 Å². The quantitative estimate of drug-likeness (QED) is 0.0170. The largest absolute Gasteiger partial charge is 0.472 e. The van der Waals surface area contributed by atoms with Crippen LogP contribution in [0.25, 0.3) is 0 Å². The standard InChI is InChI=1S/C45H84NO12P/c1-3-5-7-9-10-11-12-13-14-15-16-17-18-19-20-21-22-23-24-25-26-27-28-29-30-32-36(47)34-39(49)46-37(38(48)33-31-8-6-4-2)35-57-59(55,56)58-45-43(53)41(51)40(50)42(52)44(45)54/h16-17,19-20,31,33,36-38,40-45,47-48,50-54H,3-15,18,21-30,32,34-35H2,1-2H3,(H,46,49)(H,55,56)/b17-16-,20-19-,33-31+. The van der Waals surface area contributed by atoms with Crippen molar-refractivity contribution in [1.82, 2.24) is 5.32 Å². The van der Waals surface area contributed by atoms with E-state index in [0.717, 1.165) is 51.4 Å². The van der Waals surface area contributed by atoms with Crippen LogP contribution in [-0.2, 0) is 18.4 Å². The van der Waals surface area contributed by atoms with Gasteiger partial charge in [-0.25, -0.2) is 4.57 Å². The van der Waals surface area contributed by atoms with Crippen LogP contribution in [0.3, 0.4) is 0 Å². The predicted octanol–water partition coefficient (Wildman–Crippen LogP) is 7.36. The Morgan fingerprint density at radius 3 is 1.56 bits per heavy atom. The highest BCUT2D eigenvalue weighted by molar-refractivity contribution is 7.47. The highest BCUT2D eigenvalue weighted by Crippen LogP contribution is 2.47. The summed E-state index contributed by atoms with van der Waals surface area (Å²) in [5.74, 6) is -0.605. The van der Waals surface area contributed by atoms with Gasteiger partial charge in [0, 0.05) is 0 Å². The molecule has 1 aliphatic rings. The third-order valence-corrected chi connectivity index (χ3v) is 12.0. The average Bonchev–Trinajstić information content (AvgIpc) is 3.21. The number of nitrogens with one attached hydrogen (secondary N) is 1. The molecule has 9 N–H and O–H groups in total. The summed E-state index contributed by atoms with van der Waals surface area (Å²) in [6.07, 6.45) is 26.5. The minimum atomic E-state index is -5.12. The van der Waals surface area contributed by atoms with Crippen LogP contribution >= 0.6 is 7.82 Å². The number of aliphatic hydroxyl groups is 7. The van der Waals surface area contributed by atoms with Crippen LogP contribution in [0.5, 0.6) is 0 Å². The smallest absolute Gasteiger partial charge is 0.393 e. The molecule has 8 unspecified atom stereocenters. The zero-order valence-electron chi connectivity index (χ0n) is 36.4. The molecular formula is C45H84NO12P. The lowest BCUT2D eigenvalue weighted by Crippen LogP contribution is -2.64. The fraction of sp³-hybridized carbons (Fsp3) is 0.844. The van der Waals surface area contributed by atoms with Crippen molar-refractivity contribution in [2.24, 2.45) is 0 Å². The second kappa shape index (κ2) is 35.0. The van der Waals surface area contributed by atoms with Gasteiger partial charge in [-0.2, -0.15) is 0 Å². The van der Waals surface area contributed by atoms with Crippen LogP contribution < -0.4 is 5.32 Å². The fourth-order valence-corrected chi connectivity index (χ4v) is 8.11. The number of aliphatic hydroxyl groups excluding tert-OH is 7. The van der Waals surface area contributed by atoms with E-state index >= 15 is 0 Å². The zero-order valence-corrected chi connectivity index (χ0v) is 37.3. The van der Waals surface area contributed by atoms with E-state index in [1.165, 1.54) is 102 Å². The van der Waals surface area contributed by atoms with Crippen molar-refractivity contribution in [3.05, 3.63) is 36.5 Å². The molecule has 0 spiro atoms. The van der Waals surface area contributed by atoms with E-state index in [-0.39, 0.29) is 6.42 Å². The molecule has 1 rings (SSSR count). The van der Waals surface area contributed by atoms with Crippen LogP contribution in [0, 0.1) is 0 Å². The average molecular weight is 862 g/mol. The molecule has 59 heavy (non-hydrogen) atoms. The van der Waals surface area contributed by atoms with Crippen molar-refractivity contribution < 1.29 is 59.0 Å². The van der Waals surface area contributed by atoms with Gasteiger partial charge in [-0.05, 0) is 44.9 Å². The maximum absolute atomic E-state index is 12.8. The van der Waals surface area contributed by atoms with E-state index in [4.69, 9.17) is 9.05 Å². The molecule has 0 aromatic heterocycles. The third-order valence-electron chi connectivity index (χ3n) is 11.0. The first-order chi connectivity index (χ1) is 28.3. The van der Waals surface area contributed by atoms with Gasteiger partial charge < -0.3 is 46.0 Å². The Morgan fingerprint density at radius 1 is 0.610 bits per heavy atom. The van der Waals surface area contributed by atoms with Crippen LogP contribution in [0.4, 0.5) is 0 Å². The van der Waals surface area contributed by atoms with Crippen molar-refractivity contribution in [2.75, 3.05) is 6.61 Å². The number of allylic oxidation sites excluding steroid dienone is 5. The molecule has 1 amide bonds. The summed E-state index contributed by atoms with van der Waals surface area (Å²) in [6.45, 7) is 3.53. The maximum Gasteiger partial charge on any atom is 0.472 e. The number of carbonyl (C=O) groups excluding carboxylic acids is 1. The van der Waals surface area contributed by atoms with Gasteiger partial charge in [-0.3, -0.25) is 13.8 Å². The van der Waals surface area contributed by atoms with Gasteiger partial charge in [-0.15, -0.1) is 0 Å². The van der Waals surface area contributed by atoms with E-state index < -0.39 is 75.2 Å². The molecule has 1 fully saturated rings. The second-order valence-electron chi connectivity index (χ2n) is 16.4. The Morgan fingerprint density at radius 2 is 1.05 bits per heavy atom. The first kappa shape index (κ1) is 55.5. The zero-order chi connectivity index (χ0) is 43.7. The Labute approximate surface area is 356 Å². The van der Waals surface area contributed by atoms with Gasteiger partial charge in [0.1, 0.15) is 36.6 Å². The van der Waals surface area contributed by atoms with E-state index in [0.29, 0.717) is 12.8 Å².